The molecule has 152 valence electrons. The number of aromatic amines is 1. The van der Waals surface area contributed by atoms with Crippen molar-refractivity contribution >= 4 is 11.5 Å². The lowest BCUT2D eigenvalue weighted by Crippen LogP contribution is -2.26. The van der Waals surface area contributed by atoms with E-state index in [1.807, 2.05) is 0 Å². The van der Waals surface area contributed by atoms with Crippen LogP contribution in [0.1, 0.15) is 17.0 Å². The van der Waals surface area contributed by atoms with Crippen molar-refractivity contribution in [2.75, 3.05) is 20.3 Å². The number of aromatic nitrogens is 3. The number of methoxy groups -OCH3 is 1. The van der Waals surface area contributed by atoms with Gasteiger partial charge in [-0.05, 0) is 12.5 Å². The average Bonchev–Trinajstić information content (AvgIpc) is 3.27. The molecule has 29 heavy (non-hydrogen) atoms. The van der Waals surface area contributed by atoms with Crippen LogP contribution in [0.2, 0.25) is 0 Å². The van der Waals surface area contributed by atoms with Crippen molar-refractivity contribution in [3.05, 3.63) is 57.6 Å². The van der Waals surface area contributed by atoms with E-state index in [9.17, 15) is 18.0 Å². The maximum Gasteiger partial charge on any atom is 0.435 e. The lowest BCUT2D eigenvalue weighted by Gasteiger charge is -2.08. The SMILES string of the molecule is COC[C@@H]1COC(c2c(C)[nH]c3c(-c4ccccc4)c(C(F)(F)F)nn3c2=O)=N1. The van der Waals surface area contributed by atoms with Crippen LogP contribution in [0.3, 0.4) is 0 Å². The fourth-order valence-corrected chi connectivity index (χ4v) is 3.35. The van der Waals surface area contributed by atoms with Gasteiger partial charge in [0.05, 0.1) is 12.2 Å². The smallest absolute Gasteiger partial charge is 0.435 e. The van der Waals surface area contributed by atoms with E-state index in [-0.39, 0.29) is 35.3 Å². The van der Waals surface area contributed by atoms with E-state index >= 15 is 0 Å². The molecule has 1 aromatic carbocycles. The number of fused-ring (bicyclic) bond motifs is 1. The Kier molecular flexibility index (Phi) is 4.65. The second-order valence-electron chi connectivity index (χ2n) is 6.63. The summed E-state index contributed by atoms with van der Waals surface area (Å²) in [4.78, 5) is 20.2. The van der Waals surface area contributed by atoms with Gasteiger partial charge >= 0.3 is 6.18 Å². The Morgan fingerprint density at radius 3 is 2.66 bits per heavy atom. The molecule has 0 unspecified atom stereocenters. The van der Waals surface area contributed by atoms with Crippen molar-refractivity contribution < 1.29 is 22.6 Å². The van der Waals surface area contributed by atoms with Crippen LogP contribution in [0.4, 0.5) is 13.2 Å². The number of halogens is 3. The molecule has 0 spiro atoms. The molecule has 1 aliphatic heterocycles. The number of nitrogens with zero attached hydrogens (tertiary/aromatic N) is 3. The average molecular weight is 406 g/mol. The lowest BCUT2D eigenvalue weighted by atomic mass is 10.1. The minimum Gasteiger partial charge on any atom is -0.475 e. The zero-order valence-electron chi connectivity index (χ0n) is 15.6. The summed E-state index contributed by atoms with van der Waals surface area (Å²) in [6.07, 6.45) is -4.74. The zero-order valence-corrected chi connectivity index (χ0v) is 15.6. The van der Waals surface area contributed by atoms with Crippen molar-refractivity contribution in [3.63, 3.8) is 0 Å². The first-order valence-electron chi connectivity index (χ1n) is 8.79. The fraction of sp³-hybridized carbons (Fsp3) is 0.316. The minimum absolute atomic E-state index is 0.0400. The molecule has 4 rings (SSSR count). The topological polar surface area (TPSA) is 81.0 Å². The van der Waals surface area contributed by atoms with Gasteiger partial charge in [0.15, 0.2) is 5.69 Å². The van der Waals surface area contributed by atoms with Crippen molar-refractivity contribution in [1.29, 1.82) is 0 Å². The first-order valence-corrected chi connectivity index (χ1v) is 8.79. The normalized spacial score (nSPS) is 16.9. The first-order chi connectivity index (χ1) is 13.8. The molecule has 0 saturated heterocycles. The van der Waals surface area contributed by atoms with E-state index in [0.29, 0.717) is 17.9 Å². The highest BCUT2D eigenvalue weighted by atomic mass is 19.4. The van der Waals surface area contributed by atoms with Crippen molar-refractivity contribution in [2.45, 2.75) is 19.1 Å². The molecule has 1 atom stereocenters. The Balaban J connectivity index is 1.97. The van der Waals surface area contributed by atoms with Crippen LogP contribution in [0.5, 0.6) is 0 Å². The van der Waals surface area contributed by atoms with Crippen LogP contribution >= 0.6 is 0 Å². The highest BCUT2D eigenvalue weighted by molar-refractivity contribution is 5.96. The third kappa shape index (κ3) is 3.29. The van der Waals surface area contributed by atoms with Gasteiger partial charge in [0, 0.05) is 12.8 Å². The number of ether oxygens (including phenoxy) is 2. The summed E-state index contributed by atoms with van der Waals surface area (Å²) in [5, 5.41) is 3.60. The van der Waals surface area contributed by atoms with Crippen molar-refractivity contribution in [2.24, 2.45) is 4.99 Å². The number of hydrogen-bond donors (Lipinski definition) is 1. The lowest BCUT2D eigenvalue weighted by molar-refractivity contribution is -0.140. The Hall–Kier alpha value is -3.14. The summed E-state index contributed by atoms with van der Waals surface area (Å²) >= 11 is 0. The summed E-state index contributed by atoms with van der Waals surface area (Å²) < 4.78 is 52.3. The van der Waals surface area contributed by atoms with Gasteiger partial charge in [-0.1, -0.05) is 30.3 Å². The minimum atomic E-state index is -4.74. The van der Waals surface area contributed by atoms with Gasteiger partial charge in [0.1, 0.15) is 23.9 Å². The van der Waals surface area contributed by atoms with E-state index in [1.54, 1.807) is 25.1 Å². The van der Waals surface area contributed by atoms with E-state index < -0.39 is 17.4 Å². The summed E-state index contributed by atoms with van der Waals surface area (Å²) in [5.74, 6) is 0.0676. The van der Waals surface area contributed by atoms with Crippen LogP contribution in [0.25, 0.3) is 16.8 Å². The van der Waals surface area contributed by atoms with Gasteiger partial charge in [-0.3, -0.25) is 4.79 Å². The fourth-order valence-electron chi connectivity index (χ4n) is 3.35. The highest BCUT2D eigenvalue weighted by Gasteiger charge is 2.39. The van der Waals surface area contributed by atoms with Crippen LogP contribution in [-0.4, -0.2) is 46.9 Å². The Morgan fingerprint density at radius 1 is 1.28 bits per heavy atom. The van der Waals surface area contributed by atoms with E-state index in [4.69, 9.17) is 9.47 Å². The molecule has 3 heterocycles. The van der Waals surface area contributed by atoms with Crippen molar-refractivity contribution in [3.8, 4) is 11.1 Å². The molecule has 7 nitrogen and oxygen atoms in total. The zero-order chi connectivity index (χ0) is 20.8. The first kappa shape index (κ1) is 19.2. The third-order valence-corrected chi connectivity index (χ3v) is 4.59. The number of nitrogens with one attached hydrogen (secondary N) is 1. The molecule has 10 heteroatoms. The molecule has 0 aliphatic carbocycles. The highest BCUT2D eigenvalue weighted by Crippen LogP contribution is 2.38. The second kappa shape index (κ2) is 7.03. The molecule has 0 saturated carbocycles. The number of rotatable bonds is 4. The molecular weight excluding hydrogens is 389 g/mol. The van der Waals surface area contributed by atoms with Gasteiger partial charge in [0.2, 0.25) is 5.90 Å². The monoisotopic (exact) mass is 406 g/mol. The number of alkyl halides is 3. The standard InChI is InChI=1S/C19H17F3N4O3/c1-10-13(17-24-12(8-28-2)9-29-17)18(27)26-16(23-10)14(11-6-4-3-5-7-11)15(25-26)19(20,21)22/h3-7,12,23H,8-9H2,1-2H3/t12-/m1/s1. The molecular formula is C19H17F3N4O3. The molecule has 3 aromatic rings. The molecule has 0 amide bonds. The number of aryl methyl sites for hydroxylation is 1. The summed E-state index contributed by atoms with van der Waals surface area (Å²) in [7, 11) is 1.52. The molecule has 0 radical (unpaired) electrons. The third-order valence-electron chi connectivity index (χ3n) is 4.59. The van der Waals surface area contributed by atoms with Gasteiger partial charge in [-0.25, -0.2) is 4.99 Å². The van der Waals surface area contributed by atoms with Gasteiger partial charge < -0.3 is 14.5 Å². The Bertz CT molecular complexity index is 1150. The number of aliphatic imine (C=N–C) groups is 1. The Labute approximate surface area is 162 Å². The van der Waals surface area contributed by atoms with Gasteiger partial charge in [0.25, 0.3) is 5.56 Å². The largest absolute Gasteiger partial charge is 0.475 e. The van der Waals surface area contributed by atoms with Crippen LogP contribution in [0, 0.1) is 6.92 Å². The quantitative estimate of drug-likeness (QED) is 0.723. The second-order valence-corrected chi connectivity index (χ2v) is 6.63. The van der Waals surface area contributed by atoms with Crippen LogP contribution in [-0.2, 0) is 15.7 Å². The molecule has 0 bridgehead atoms. The Morgan fingerprint density at radius 2 is 2.00 bits per heavy atom. The predicted molar refractivity (Wildman–Crippen MR) is 99.1 cm³/mol. The van der Waals surface area contributed by atoms with Crippen LogP contribution < -0.4 is 5.56 Å². The molecule has 0 fully saturated rings. The predicted octanol–water partition coefficient (Wildman–Crippen LogP) is 2.81. The molecule has 1 aliphatic rings. The summed E-state index contributed by atoms with van der Waals surface area (Å²) in [6.45, 7) is 2.12. The summed E-state index contributed by atoms with van der Waals surface area (Å²) in [6, 6.07) is 7.72. The number of benzene rings is 1. The number of H-pyrrole nitrogens is 1. The van der Waals surface area contributed by atoms with Gasteiger partial charge in [-0.15, -0.1) is 0 Å². The molecule has 2 aromatic heterocycles. The van der Waals surface area contributed by atoms with Gasteiger partial charge in [-0.2, -0.15) is 22.8 Å². The van der Waals surface area contributed by atoms with E-state index in [0.717, 1.165) is 4.52 Å². The van der Waals surface area contributed by atoms with Crippen LogP contribution in [0.15, 0.2) is 40.1 Å². The maximum atomic E-state index is 13.7. The maximum absolute atomic E-state index is 13.7. The van der Waals surface area contributed by atoms with E-state index in [1.165, 1.54) is 19.2 Å². The van der Waals surface area contributed by atoms with Crippen molar-refractivity contribution in [1.82, 2.24) is 14.6 Å². The summed E-state index contributed by atoms with van der Waals surface area (Å²) in [5.41, 5.74) is -1.41. The molecule has 1 N–H and O–H groups in total. The number of hydrogen-bond acceptors (Lipinski definition) is 5. The van der Waals surface area contributed by atoms with E-state index in [2.05, 4.69) is 15.1 Å².